The minimum atomic E-state index is -4.08. The number of benzene rings is 1. The second kappa shape index (κ2) is 4.89. The number of nitrogens with two attached hydrogens (primary N) is 1. The van der Waals surface area contributed by atoms with E-state index in [1.54, 1.807) is 18.2 Å². The maximum atomic E-state index is 12.1. The largest absolute Gasteiger partial charge is 0.272 e. The van der Waals surface area contributed by atoms with E-state index in [0.29, 0.717) is 0 Å². The van der Waals surface area contributed by atoms with E-state index in [1.165, 1.54) is 19.2 Å². The average molecular weight is 316 g/mol. The number of sulfonamides is 2. The maximum Gasteiger partial charge on any atom is 0.263 e. The second-order valence-electron chi connectivity index (χ2n) is 3.98. The summed E-state index contributed by atoms with van der Waals surface area (Å²) in [5, 5.41) is 8.77. The van der Waals surface area contributed by atoms with Crippen LogP contribution in [0.2, 0.25) is 0 Å². The van der Waals surface area contributed by atoms with Gasteiger partial charge in [0.1, 0.15) is 4.90 Å². The molecule has 108 valence electrons. The Kier molecular flexibility index (Phi) is 3.54. The van der Waals surface area contributed by atoms with Crippen LogP contribution in [0.25, 0.3) is 0 Å². The van der Waals surface area contributed by atoms with Gasteiger partial charge in [0, 0.05) is 13.2 Å². The normalized spacial score (nSPS) is 12.3. The van der Waals surface area contributed by atoms with Crippen LogP contribution < -0.4 is 9.86 Å². The first kappa shape index (κ1) is 14.5. The molecule has 0 spiro atoms. The van der Waals surface area contributed by atoms with Crippen LogP contribution >= 0.6 is 0 Å². The van der Waals surface area contributed by atoms with Gasteiger partial charge >= 0.3 is 0 Å². The molecule has 20 heavy (non-hydrogen) atoms. The topological polar surface area (TPSA) is 124 Å². The number of rotatable bonds is 4. The molecular formula is C10H12N4O4S2. The highest BCUT2D eigenvalue weighted by Crippen LogP contribution is 2.21. The quantitative estimate of drug-likeness (QED) is 0.813. The van der Waals surface area contributed by atoms with Gasteiger partial charge in [-0.2, -0.15) is 5.10 Å². The highest BCUT2D eigenvalue weighted by molar-refractivity contribution is 7.93. The van der Waals surface area contributed by atoms with Crippen LogP contribution in [0, 0.1) is 0 Å². The van der Waals surface area contributed by atoms with E-state index < -0.39 is 20.0 Å². The Morgan fingerprint density at radius 2 is 1.75 bits per heavy atom. The number of nitrogens with one attached hydrogen (secondary N) is 1. The first-order chi connectivity index (χ1) is 9.20. The van der Waals surface area contributed by atoms with Gasteiger partial charge in [-0.05, 0) is 12.1 Å². The summed E-state index contributed by atoms with van der Waals surface area (Å²) in [5.41, 5.74) is 0. The Morgan fingerprint density at radius 3 is 2.30 bits per heavy atom. The zero-order chi connectivity index (χ0) is 15.0. The zero-order valence-electron chi connectivity index (χ0n) is 10.4. The van der Waals surface area contributed by atoms with Crippen LogP contribution in [0.3, 0.4) is 0 Å². The van der Waals surface area contributed by atoms with Crippen LogP contribution in [-0.4, -0.2) is 26.6 Å². The summed E-state index contributed by atoms with van der Waals surface area (Å²) < 4.78 is 50.2. The SMILES string of the molecule is Cn1cc(S(N)(=O)=O)c(NS(=O)(=O)c2ccccc2)n1. The molecule has 0 saturated carbocycles. The number of anilines is 1. The van der Waals surface area contributed by atoms with E-state index in [1.807, 2.05) is 0 Å². The summed E-state index contributed by atoms with van der Waals surface area (Å²) in [5.74, 6) is -0.334. The van der Waals surface area contributed by atoms with Gasteiger partial charge in [0.05, 0.1) is 4.90 Å². The van der Waals surface area contributed by atoms with Crippen molar-refractivity contribution in [1.29, 1.82) is 0 Å². The molecule has 3 N–H and O–H groups in total. The van der Waals surface area contributed by atoms with Crippen LogP contribution in [-0.2, 0) is 27.1 Å². The van der Waals surface area contributed by atoms with E-state index in [4.69, 9.17) is 5.14 Å². The van der Waals surface area contributed by atoms with Gasteiger partial charge in [0.25, 0.3) is 10.0 Å². The summed E-state index contributed by atoms with van der Waals surface area (Å²) in [6.45, 7) is 0. The molecule has 0 aliphatic carbocycles. The lowest BCUT2D eigenvalue weighted by molar-refractivity contribution is 0.598. The number of nitrogens with zero attached hydrogens (tertiary/aromatic N) is 2. The molecule has 0 fully saturated rings. The molecule has 1 heterocycles. The molecule has 1 aromatic carbocycles. The predicted octanol–water partition coefficient (Wildman–Crippen LogP) is -0.132. The Bertz CT molecular complexity index is 825. The lowest BCUT2D eigenvalue weighted by Crippen LogP contribution is -2.18. The summed E-state index contributed by atoms with van der Waals surface area (Å²) in [6.07, 6.45) is 1.12. The second-order valence-corrected chi connectivity index (χ2v) is 7.19. The van der Waals surface area contributed by atoms with Crippen LogP contribution in [0.5, 0.6) is 0 Å². The predicted molar refractivity (Wildman–Crippen MR) is 71.8 cm³/mol. The van der Waals surface area contributed by atoms with Crippen molar-refractivity contribution in [2.45, 2.75) is 9.79 Å². The molecule has 0 bridgehead atoms. The third-order valence-electron chi connectivity index (χ3n) is 2.39. The van der Waals surface area contributed by atoms with E-state index >= 15 is 0 Å². The minimum Gasteiger partial charge on any atom is -0.272 e. The van der Waals surface area contributed by atoms with Crippen molar-refractivity contribution in [3.63, 3.8) is 0 Å². The highest BCUT2D eigenvalue weighted by Gasteiger charge is 2.23. The van der Waals surface area contributed by atoms with Crippen LogP contribution in [0.1, 0.15) is 0 Å². The number of aromatic nitrogens is 2. The van der Waals surface area contributed by atoms with Crippen molar-refractivity contribution in [3.8, 4) is 0 Å². The Hall–Kier alpha value is -1.91. The molecule has 0 atom stereocenters. The molecule has 0 aliphatic heterocycles. The Balaban J connectivity index is 2.46. The molecule has 0 amide bonds. The maximum absolute atomic E-state index is 12.1. The molecule has 2 rings (SSSR count). The van der Waals surface area contributed by atoms with Crippen molar-refractivity contribution in [3.05, 3.63) is 36.5 Å². The molecule has 0 unspecified atom stereocenters. The molecule has 8 nitrogen and oxygen atoms in total. The number of hydrogen-bond donors (Lipinski definition) is 2. The molecule has 0 radical (unpaired) electrons. The van der Waals surface area contributed by atoms with Crippen molar-refractivity contribution < 1.29 is 16.8 Å². The number of primary sulfonamides is 1. The molecular weight excluding hydrogens is 304 g/mol. The van der Waals surface area contributed by atoms with Crippen molar-refractivity contribution in [2.75, 3.05) is 4.72 Å². The lowest BCUT2D eigenvalue weighted by atomic mass is 10.4. The summed E-state index contributed by atoms with van der Waals surface area (Å²) in [4.78, 5) is -0.398. The monoisotopic (exact) mass is 316 g/mol. The zero-order valence-corrected chi connectivity index (χ0v) is 12.0. The Labute approximate surface area is 116 Å². The molecule has 10 heteroatoms. The lowest BCUT2D eigenvalue weighted by Gasteiger charge is -2.06. The standard InChI is InChI=1S/C10H12N4O4S2/c1-14-7-9(19(11,15)16)10(12-14)13-20(17,18)8-5-3-2-4-6-8/h2-7H,1H3,(H,12,13)(H2,11,15,16). The van der Waals surface area contributed by atoms with Gasteiger partial charge in [-0.25, -0.2) is 22.0 Å². The molecule has 2 aromatic rings. The van der Waals surface area contributed by atoms with Crippen molar-refractivity contribution in [1.82, 2.24) is 9.78 Å². The van der Waals surface area contributed by atoms with E-state index in [9.17, 15) is 16.8 Å². The fraction of sp³-hybridized carbons (Fsp3) is 0.100. The molecule has 1 aromatic heterocycles. The summed E-state index contributed by atoms with van der Waals surface area (Å²) in [7, 11) is -6.55. The van der Waals surface area contributed by atoms with Gasteiger partial charge in [-0.3, -0.25) is 9.40 Å². The first-order valence-corrected chi connectivity index (χ1v) is 8.37. The molecule has 0 saturated heterocycles. The summed E-state index contributed by atoms with van der Waals surface area (Å²) >= 11 is 0. The number of aryl methyl sites for hydroxylation is 1. The third-order valence-corrected chi connectivity index (χ3v) is 4.65. The van der Waals surface area contributed by atoms with E-state index in [2.05, 4.69) is 9.82 Å². The third kappa shape index (κ3) is 2.98. The summed E-state index contributed by atoms with van der Waals surface area (Å²) in [6, 6.07) is 7.51. The minimum absolute atomic E-state index is 0.00831. The Morgan fingerprint density at radius 1 is 1.15 bits per heavy atom. The van der Waals surface area contributed by atoms with Gasteiger partial charge in [-0.1, -0.05) is 18.2 Å². The first-order valence-electron chi connectivity index (χ1n) is 5.34. The van der Waals surface area contributed by atoms with Gasteiger partial charge in [0.15, 0.2) is 5.82 Å². The van der Waals surface area contributed by atoms with Crippen molar-refractivity contribution >= 4 is 25.9 Å². The highest BCUT2D eigenvalue weighted by atomic mass is 32.2. The van der Waals surface area contributed by atoms with E-state index in [0.717, 1.165) is 10.9 Å². The number of hydrogen-bond acceptors (Lipinski definition) is 5. The van der Waals surface area contributed by atoms with Gasteiger partial charge < -0.3 is 0 Å². The smallest absolute Gasteiger partial charge is 0.263 e. The van der Waals surface area contributed by atoms with Crippen LogP contribution in [0.15, 0.2) is 46.3 Å². The van der Waals surface area contributed by atoms with Gasteiger partial charge in [-0.15, -0.1) is 0 Å². The van der Waals surface area contributed by atoms with Gasteiger partial charge in [0.2, 0.25) is 10.0 Å². The van der Waals surface area contributed by atoms with Crippen LogP contribution in [0.4, 0.5) is 5.82 Å². The molecule has 0 aliphatic rings. The average Bonchev–Trinajstić information content (AvgIpc) is 2.70. The van der Waals surface area contributed by atoms with Crippen molar-refractivity contribution in [2.24, 2.45) is 12.2 Å². The fourth-order valence-corrected chi connectivity index (χ4v) is 3.30. The van der Waals surface area contributed by atoms with E-state index in [-0.39, 0.29) is 15.6 Å². The fourth-order valence-electron chi connectivity index (χ4n) is 1.53.